The Kier molecular flexibility index (Phi) is 6.12. The summed E-state index contributed by atoms with van der Waals surface area (Å²) in [4.78, 5) is 34.7. The summed E-state index contributed by atoms with van der Waals surface area (Å²) in [5.41, 5.74) is 3.00. The summed E-state index contributed by atoms with van der Waals surface area (Å²) >= 11 is 0. The van der Waals surface area contributed by atoms with Crippen molar-refractivity contribution in [2.24, 2.45) is 0 Å². The lowest BCUT2D eigenvalue weighted by atomic mass is 9.96. The van der Waals surface area contributed by atoms with Gasteiger partial charge in [-0.15, -0.1) is 0 Å². The fraction of sp³-hybridized carbons (Fsp3) is 0.346. The molecule has 0 unspecified atom stereocenters. The number of hydrogen-bond donors (Lipinski definition) is 1. The number of amides is 1. The molecule has 0 bridgehead atoms. The summed E-state index contributed by atoms with van der Waals surface area (Å²) in [7, 11) is 0. The Hall–Kier alpha value is -3.56. The second kappa shape index (κ2) is 9.24. The van der Waals surface area contributed by atoms with E-state index < -0.39 is 23.5 Å². The van der Waals surface area contributed by atoms with Crippen molar-refractivity contribution >= 4 is 23.1 Å². The van der Waals surface area contributed by atoms with Crippen LogP contribution in [-0.2, 0) is 14.3 Å². The Balaban J connectivity index is 1.62. The molecule has 0 radical (unpaired) electrons. The largest absolute Gasteiger partial charge is 0.505 e. The standard InChI is InChI=1S/C26H27FN4O4/c1-16-4-3-9-30-21(17(2)28-25(16)30)23(32)20-22(18-5-7-19(27)8-6-18)31(26(34)24(20)33)11-10-29-12-14-35-15-13-29/h3-9,22,32H,10-15H2,1-2H3/t22-/m0/s1. The van der Waals surface area contributed by atoms with Gasteiger partial charge in [-0.25, -0.2) is 9.37 Å². The summed E-state index contributed by atoms with van der Waals surface area (Å²) in [5, 5.41) is 11.5. The number of aromatic nitrogens is 2. The number of aryl methyl sites for hydroxylation is 2. The number of carbonyl (C=O) groups is 2. The Morgan fingerprint density at radius 1 is 1.11 bits per heavy atom. The number of likely N-dealkylation sites (tertiary alicyclic amines) is 1. The van der Waals surface area contributed by atoms with E-state index in [1.54, 1.807) is 29.7 Å². The number of morpholine rings is 1. The maximum Gasteiger partial charge on any atom is 0.295 e. The molecule has 0 spiro atoms. The first-order valence-corrected chi connectivity index (χ1v) is 11.7. The van der Waals surface area contributed by atoms with Gasteiger partial charge in [-0.3, -0.25) is 18.9 Å². The Morgan fingerprint density at radius 2 is 1.83 bits per heavy atom. The highest BCUT2D eigenvalue weighted by atomic mass is 19.1. The van der Waals surface area contributed by atoms with Crippen molar-refractivity contribution in [1.82, 2.24) is 19.2 Å². The molecule has 1 aromatic carbocycles. The average Bonchev–Trinajstić information content (AvgIpc) is 3.33. The van der Waals surface area contributed by atoms with Crippen molar-refractivity contribution in [3.8, 4) is 0 Å². The molecule has 2 aliphatic heterocycles. The number of halogens is 1. The normalized spacial score (nSPS) is 20.8. The van der Waals surface area contributed by atoms with E-state index >= 15 is 0 Å². The van der Waals surface area contributed by atoms with E-state index in [0.29, 0.717) is 42.4 Å². The molecule has 1 N–H and O–H groups in total. The predicted octanol–water partition coefficient (Wildman–Crippen LogP) is 2.84. The molecule has 1 atom stereocenters. The quantitative estimate of drug-likeness (QED) is 0.345. The van der Waals surface area contributed by atoms with Gasteiger partial charge in [0.15, 0.2) is 5.76 Å². The van der Waals surface area contributed by atoms with Gasteiger partial charge in [-0.1, -0.05) is 18.2 Å². The summed E-state index contributed by atoms with van der Waals surface area (Å²) in [6.45, 7) is 7.23. The molecule has 5 rings (SSSR count). The summed E-state index contributed by atoms with van der Waals surface area (Å²) < 4.78 is 20.8. The molecular formula is C26H27FN4O4. The second-order valence-corrected chi connectivity index (χ2v) is 8.93. The lowest BCUT2D eigenvalue weighted by Crippen LogP contribution is -2.42. The number of ether oxygens (including phenoxy) is 1. The Bertz CT molecular complexity index is 1330. The van der Waals surface area contributed by atoms with Crippen LogP contribution in [0.4, 0.5) is 4.39 Å². The molecule has 2 aliphatic rings. The minimum atomic E-state index is -0.841. The van der Waals surface area contributed by atoms with E-state index in [2.05, 4.69) is 9.88 Å². The topological polar surface area (TPSA) is 87.4 Å². The van der Waals surface area contributed by atoms with Gasteiger partial charge in [0.2, 0.25) is 0 Å². The maximum atomic E-state index is 13.7. The molecule has 8 nitrogen and oxygen atoms in total. The number of imidazole rings is 1. The molecule has 2 saturated heterocycles. The lowest BCUT2D eigenvalue weighted by molar-refractivity contribution is -0.140. The molecule has 182 valence electrons. The van der Waals surface area contributed by atoms with E-state index in [1.807, 2.05) is 19.1 Å². The number of aliphatic hydroxyl groups excluding tert-OH is 1. The first-order chi connectivity index (χ1) is 16.9. The van der Waals surface area contributed by atoms with Gasteiger partial charge in [0.25, 0.3) is 11.7 Å². The minimum Gasteiger partial charge on any atom is -0.505 e. The molecule has 9 heteroatoms. The van der Waals surface area contributed by atoms with Gasteiger partial charge in [-0.2, -0.15) is 0 Å². The van der Waals surface area contributed by atoms with Crippen molar-refractivity contribution in [3.63, 3.8) is 0 Å². The molecule has 4 heterocycles. The van der Waals surface area contributed by atoms with Crippen molar-refractivity contribution in [3.05, 3.63) is 76.5 Å². The number of ketones is 1. The van der Waals surface area contributed by atoms with Gasteiger partial charge in [0, 0.05) is 32.4 Å². The number of Topliss-reactive ketones (excluding diaryl/α,β-unsaturated/α-hetero) is 1. The van der Waals surface area contributed by atoms with Gasteiger partial charge >= 0.3 is 0 Å². The third-order valence-corrected chi connectivity index (χ3v) is 6.73. The smallest absolute Gasteiger partial charge is 0.295 e. The fourth-order valence-corrected chi connectivity index (χ4v) is 4.91. The van der Waals surface area contributed by atoms with Gasteiger partial charge in [-0.05, 0) is 43.2 Å². The molecule has 1 amide bonds. The van der Waals surface area contributed by atoms with E-state index in [0.717, 1.165) is 18.7 Å². The minimum absolute atomic E-state index is 0.0185. The van der Waals surface area contributed by atoms with Crippen molar-refractivity contribution in [1.29, 1.82) is 0 Å². The molecule has 35 heavy (non-hydrogen) atoms. The summed E-state index contributed by atoms with van der Waals surface area (Å²) in [6.07, 6.45) is 1.76. The summed E-state index contributed by atoms with van der Waals surface area (Å²) in [6, 6.07) is 8.58. The average molecular weight is 479 g/mol. The maximum absolute atomic E-state index is 13.7. The van der Waals surface area contributed by atoms with E-state index in [1.165, 1.54) is 17.0 Å². The Labute approximate surface area is 202 Å². The number of pyridine rings is 1. The molecular weight excluding hydrogens is 451 g/mol. The fourth-order valence-electron chi connectivity index (χ4n) is 4.91. The van der Waals surface area contributed by atoms with Crippen molar-refractivity contribution < 1.29 is 23.8 Å². The van der Waals surface area contributed by atoms with Crippen LogP contribution in [0.2, 0.25) is 0 Å². The van der Waals surface area contributed by atoms with Crippen LogP contribution in [0.3, 0.4) is 0 Å². The highest BCUT2D eigenvalue weighted by Gasteiger charge is 2.46. The van der Waals surface area contributed by atoms with Gasteiger partial charge in [0.1, 0.15) is 17.2 Å². The van der Waals surface area contributed by atoms with Crippen LogP contribution < -0.4 is 0 Å². The van der Waals surface area contributed by atoms with Crippen LogP contribution in [0.15, 0.2) is 48.2 Å². The molecule has 3 aromatic rings. The van der Waals surface area contributed by atoms with Crippen LogP contribution in [0.5, 0.6) is 0 Å². The highest BCUT2D eigenvalue weighted by molar-refractivity contribution is 6.46. The zero-order chi connectivity index (χ0) is 24.7. The number of fused-ring (bicyclic) bond motifs is 1. The van der Waals surface area contributed by atoms with Crippen LogP contribution in [-0.4, -0.2) is 75.4 Å². The monoisotopic (exact) mass is 478 g/mol. The SMILES string of the molecule is Cc1nc2c(C)cccn2c1C(O)=C1C(=O)C(=O)N(CCN2CCOCC2)[C@H]1c1ccc(F)cc1. The third-order valence-electron chi connectivity index (χ3n) is 6.73. The zero-order valence-corrected chi connectivity index (χ0v) is 19.7. The molecule has 0 aliphatic carbocycles. The van der Waals surface area contributed by atoms with Crippen LogP contribution in [0.1, 0.15) is 28.6 Å². The first-order valence-electron chi connectivity index (χ1n) is 11.7. The first kappa shape index (κ1) is 23.2. The molecule has 0 saturated carbocycles. The van der Waals surface area contributed by atoms with E-state index in [9.17, 15) is 19.1 Å². The van der Waals surface area contributed by atoms with E-state index in [-0.39, 0.29) is 17.9 Å². The zero-order valence-electron chi connectivity index (χ0n) is 19.7. The molecule has 2 fully saturated rings. The number of rotatable bonds is 5. The second-order valence-electron chi connectivity index (χ2n) is 8.93. The van der Waals surface area contributed by atoms with Crippen molar-refractivity contribution in [2.45, 2.75) is 19.9 Å². The number of hydrogen-bond acceptors (Lipinski definition) is 6. The number of carbonyl (C=O) groups excluding carboxylic acids is 2. The molecule has 2 aromatic heterocycles. The third kappa shape index (κ3) is 4.11. The number of nitrogens with zero attached hydrogens (tertiary/aromatic N) is 4. The number of aliphatic hydroxyl groups is 1. The van der Waals surface area contributed by atoms with Gasteiger partial charge < -0.3 is 14.7 Å². The Morgan fingerprint density at radius 3 is 2.54 bits per heavy atom. The number of benzene rings is 1. The lowest BCUT2D eigenvalue weighted by Gasteiger charge is -2.31. The summed E-state index contributed by atoms with van der Waals surface area (Å²) in [5.74, 6) is -2.16. The predicted molar refractivity (Wildman–Crippen MR) is 127 cm³/mol. The van der Waals surface area contributed by atoms with Crippen LogP contribution >= 0.6 is 0 Å². The van der Waals surface area contributed by atoms with Crippen LogP contribution in [0.25, 0.3) is 11.4 Å². The van der Waals surface area contributed by atoms with Crippen molar-refractivity contribution in [2.75, 3.05) is 39.4 Å². The van der Waals surface area contributed by atoms with Crippen LogP contribution in [0, 0.1) is 19.7 Å². The highest BCUT2D eigenvalue weighted by Crippen LogP contribution is 2.40. The van der Waals surface area contributed by atoms with Gasteiger partial charge in [0.05, 0.1) is 30.5 Å². The van der Waals surface area contributed by atoms with E-state index in [4.69, 9.17) is 4.74 Å².